The molecule has 10 heteroatoms. The maximum Gasteiger partial charge on any atom is 0.321 e. The number of benzene rings is 2. The third-order valence-corrected chi connectivity index (χ3v) is 4.59. The van der Waals surface area contributed by atoms with Crippen molar-refractivity contribution >= 4 is 52.5 Å². The van der Waals surface area contributed by atoms with Crippen LogP contribution in [0.2, 0.25) is 15.1 Å². The standard InChI is InChI=1S/C18H16Cl3N5O2/c19-11-3-1-2-9(4-11)15-16(22)25-26-17(15)24-18(28)23-14(8-27)10-5-12(20)7-13(21)6-10/h1-7,14,27H,8H2,(H5,22,23,24,25,26,28). The molecule has 0 radical (unpaired) electrons. The number of amides is 2. The molecular formula is C18H16Cl3N5O2. The van der Waals surface area contributed by atoms with Crippen LogP contribution in [0.25, 0.3) is 11.1 Å². The van der Waals surface area contributed by atoms with Crippen LogP contribution in [0.15, 0.2) is 42.5 Å². The highest BCUT2D eigenvalue weighted by Gasteiger charge is 2.19. The molecule has 0 aliphatic heterocycles. The summed E-state index contributed by atoms with van der Waals surface area (Å²) in [5, 5.41) is 22.9. The van der Waals surface area contributed by atoms with Gasteiger partial charge in [0.1, 0.15) is 5.82 Å². The summed E-state index contributed by atoms with van der Waals surface area (Å²) in [6.07, 6.45) is 0. The van der Waals surface area contributed by atoms with Crippen LogP contribution in [0.3, 0.4) is 0 Å². The molecule has 0 saturated heterocycles. The number of aromatic nitrogens is 2. The van der Waals surface area contributed by atoms with Gasteiger partial charge in [-0.2, -0.15) is 5.10 Å². The third-order valence-electron chi connectivity index (χ3n) is 3.91. The third kappa shape index (κ3) is 4.69. The van der Waals surface area contributed by atoms with Gasteiger partial charge < -0.3 is 16.2 Å². The van der Waals surface area contributed by atoms with Gasteiger partial charge >= 0.3 is 6.03 Å². The number of aliphatic hydroxyl groups is 1. The summed E-state index contributed by atoms with van der Waals surface area (Å²) < 4.78 is 0. The lowest BCUT2D eigenvalue weighted by molar-refractivity contribution is 0.225. The van der Waals surface area contributed by atoms with E-state index in [2.05, 4.69) is 20.8 Å². The van der Waals surface area contributed by atoms with Gasteiger partial charge in [-0.25, -0.2) is 4.79 Å². The molecule has 3 rings (SSSR count). The lowest BCUT2D eigenvalue weighted by Crippen LogP contribution is -2.34. The summed E-state index contributed by atoms with van der Waals surface area (Å²) in [7, 11) is 0. The molecule has 1 atom stereocenters. The van der Waals surface area contributed by atoms with Crippen molar-refractivity contribution in [1.29, 1.82) is 0 Å². The second-order valence-corrected chi connectivity index (χ2v) is 7.22. The predicted octanol–water partition coefficient (Wildman–Crippen LogP) is 4.47. The highest BCUT2D eigenvalue weighted by Crippen LogP contribution is 2.33. The van der Waals surface area contributed by atoms with E-state index in [1.165, 1.54) is 0 Å². The molecule has 28 heavy (non-hydrogen) atoms. The number of nitrogen functional groups attached to an aromatic ring is 1. The van der Waals surface area contributed by atoms with Crippen LogP contribution in [0.1, 0.15) is 11.6 Å². The van der Waals surface area contributed by atoms with Crippen LogP contribution in [0.5, 0.6) is 0 Å². The number of nitrogens with zero attached hydrogens (tertiary/aromatic N) is 1. The molecule has 7 nitrogen and oxygen atoms in total. The zero-order valence-electron chi connectivity index (χ0n) is 14.3. The number of anilines is 2. The molecule has 0 spiro atoms. The Morgan fingerprint density at radius 3 is 2.50 bits per heavy atom. The molecule has 0 fully saturated rings. The number of rotatable bonds is 5. The number of aromatic amines is 1. The Morgan fingerprint density at radius 1 is 1.14 bits per heavy atom. The van der Waals surface area contributed by atoms with Crippen LogP contribution >= 0.6 is 34.8 Å². The Balaban J connectivity index is 1.80. The molecule has 1 aromatic heterocycles. The average Bonchev–Trinajstić information content (AvgIpc) is 2.99. The first-order chi connectivity index (χ1) is 13.4. The van der Waals surface area contributed by atoms with Crippen LogP contribution in [0.4, 0.5) is 16.4 Å². The molecule has 3 aromatic rings. The van der Waals surface area contributed by atoms with Gasteiger partial charge in [-0.15, -0.1) is 0 Å². The molecule has 0 bridgehead atoms. The van der Waals surface area contributed by atoms with Crippen molar-refractivity contribution in [3.8, 4) is 11.1 Å². The van der Waals surface area contributed by atoms with Crippen molar-refractivity contribution < 1.29 is 9.90 Å². The molecule has 0 aliphatic carbocycles. The molecule has 1 heterocycles. The first-order valence-corrected chi connectivity index (χ1v) is 9.25. The highest BCUT2D eigenvalue weighted by atomic mass is 35.5. The fourth-order valence-corrected chi connectivity index (χ4v) is 3.43. The summed E-state index contributed by atoms with van der Waals surface area (Å²) in [4.78, 5) is 12.5. The van der Waals surface area contributed by atoms with E-state index in [0.29, 0.717) is 31.8 Å². The minimum Gasteiger partial charge on any atom is -0.394 e. The summed E-state index contributed by atoms with van der Waals surface area (Å²) in [5.41, 5.74) is 7.70. The number of urea groups is 1. The molecule has 1 unspecified atom stereocenters. The first-order valence-electron chi connectivity index (χ1n) is 8.11. The smallest absolute Gasteiger partial charge is 0.321 e. The van der Waals surface area contributed by atoms with Crippen LogP contribution < -0.4 is 16.4 Å². The van der Waals surface area contributed by atoms with Crippen LogP contribution in [-0.4, -0.2) is 27.9 Å². The summed E-state index contributed by atoms with van der Waals surface area (Å²) >= 11 is 18.0. The van der Waals surface area contributed by atoms with Crippen LogP contribution in [-0.2, 0) is 0 Å². The second kappa shape index (κ2) is 8.70. The number of nitrogens with two attached hydrogens (primary N) is 1. The van der Waals surface area contributed by atoms with Crippen molar-refractivity contribution in [2.24, 2.45) is 0 Å². The van der Waals surface area contributed by atoms with E-state index in [1.54, 1.807) is 42.5 Å². The van der Waals surface area contributed by atoms with E-state index < -0.39 is 12.1 Å². The SMILES string of the molecule is Nc1[nH]nc(NC(=O)NC(CO)c2cc(Cl)cc(Cl)c2)c1-c1cccc(Cl)c1. The second-order valence-electron chi connectivity index (χ2n) is 5.91. The number of H-pyrrole nitrogens is 1. The van der Waals surface area contributed by atoms with E-state index in [-0.39, 0.29) is 18.2 Å². The minimum atomic E-state index is -0.720. The van der Waals surface area contributed by atoms with E-state index in [4.69, 9.17) is 40.5 Å². The van der Waals surface area contributed by atoms with E-state index >= 15 is 0 Å². The minimum absolute atomic E-state index is 0.220. The van der Waals surface area contributed by atoms with Gasteiger partial charge in [0, 0.05) is 15.1 Å². The van der Waals surface area contributed by atoms with E-state index in [1.807, 2.05) is 0 Å². The average molecular weight is 441 g/mol. The summed E-state index contributed by atoms with van der Waals surface area (Å²) in [5.74, 6) is 0.496. The Morgan fingerprint density at radius 2 is 1.86 bits per heavy atom. The normalized spacial score (nSPS) is 11.9. The maximum absolute atomic E-state index is 12.5. The predicted molar refractivity (Wildman–Crippen MR) is 112 cm³/mol. The number of halogens is 3. The largest absolute Gasteiger partial charge is 0.394 e. The molecule has 2 amide bonds. The van der Waals surface area contributed by atoms with Gasteiger partial charge in [0.15, 0.2) is 5.82 Å². The Hall–Kier alpha value is -2.45. The number of nitrogens with one attached hydrogen (secondary N) is 3. The Labute approximate surface area is 175 Å². The van der Waals surface area contributed by atoms with Gasteiger partial charge in [-0.05, 0) is 41.5 Å². The van der Waals surface area contributed by atoms with Crippen molar-refractivity contribution in [1.82, 2.24) is 15.5 Å². The zero-order chi connectivity index (χ0) is 20.3. The fourth-order valence-electron chi connectivity index (χ4n) is 2.69. The summed E-state index contributed by atoms with van der Waals surface area (Å²) in [6.45, 7) is -0.353. The summed E-state index contributed by atoms with van der Waals surface area (Å²) in [6, 6.07) is 10.5. The van der Waals surface area contributed by atoms with E-state index in [0.717, 1.165) is 0 Å². The van der Waals surface area contributed by atoms with Gasteiger partial charge in [-0.1, -0.05) is 46.9 Å². The van der Waals surface area contributed by atoms with Crippen molar-refractivity contribution in [2.45, 2.75) is 6.04 Å². The highest BCUT2D eigenvalue weighted by molar-refractivity contribution is 6.34. The molecule has 0 saturated carbocycles. The molecular weight excluding hydrogens is 425 g/mol. The Kier molecular flexibility index (Phi) is 6.31. The quantitative estimate of drug-likeness (QED) is 0.402. The maximum atomic E-state index is 12.5. The lowest BCUT2D eigenvalue weighted by atomic mass is 10.1. The first kappa shape index (κ1) is 20.3. The Bertz CT molecular complexity index is 988. The van der Waals surface area contributed by atoms with Crippen molar-refractivity contribution in [3.63, 3.8) is 0 Å². The van der Waals surface area contributed by atoms with E-state index in [9.17, 15) is 9.90 Å². The van der Waals surface area contributed by atoms with Crippen molar-refractivity contribution in [2.75, 3.05) is 17.7 Å². The molecule has 6 N–H and O–H groups in total. The van der Waals surface area contributed by atoms with Gasteiger partial charge in [-0.3, -0.25) is 10.4 Å². The number of carbonyl (C=O) groups excluding carboxylic acids is 1. The van der Waals surface area contributed by atoms with Gasteiger partial charge in [0.25, 0.3) is 0 Å². The van der Waals surface area contributed by atoms with Gasteiger partial charge in [0.05, 0.1) is 18.2 Å². The fraction of sp³-hybridized carbons (Fsp3) is 0.111. The topological polar surface area (TPSA) is 116 Å². The number of hydrogen-bond acceptors (Lipinski definition) is 4. The van der Waals surface area contributed by atoms with Crippen LogP contribution in [0, 0.1) is 0 Å². The molecule has 0 aliphatic rings. The molecule has 2 aromatic carbocycles. The monoisotopic (exact) mass is 439 g/mol. The zero-order valence-corrected chi connectivity index (χ0v) is 16.6. The molecule has 146 valence electrons. The number of hydrogen-bond donors (Lipinski definition) is 5. The number of carbonyl (C=O) groups is 1. The van der Waals surface area contributed by atoms with Crippen molar-refractivity contribution in [3.05, 3.63) is 63.1 Å². The van der Waals surface area contributed by atoms with Gasteiger partial charge in [0.2, 0.25) is 0 Å². The lowest BCUT2D eigenvalue weighted by Gasteiger charge is -2.17. The number of aliphatic hydroxyl groups excluding tert-OH is 1.